The average Bonchev–Trinajstić information content (AvgIpc) is 2.17. The quantitative estimate of drug-likeness (QED) is 0.688. The molecule has 0 fully saturated rings. The van der Waals surface area contributed by atoms with Crippen LogP contribution in [0.2, 0.25) is 0 Å². The van der Waals surface area contributed by atoms with Crippen molar-refractivity contribution in [1.29, 1.82) is 0 Å². The maximum absolute atomic E-state index is 11.5. The van der Waals surface area contributed by atoms with Crippen molar-refractivity contribution in [1.82, 2.24) is 20.1 Å². The maximum Gasteiger partial charge on any atom is 0.273 e. The zero-order valence-corrected chi connectivity index (χ0v) is 8.43. The molecule has 1 rings (SSSR count). The first-order chi connectivity index (χ1) is 6.65. The zero-order valence-electron chi connectivity index (χ0n) is 8.43. The van der Waals surface area contributed by atoms with Gasteiger partial charge in [0.25, 0.3) is 5.91 Å². The number of hydrogen-bond acceptors (Lipinski definition) is 4. The van der Waals surface area contributed by atoms with Crippen molar-refractivity contribution in [2.75, 3.05) is 14.1 Å². The van der Waals surface area contributed by atoms with E-state index in [0.29, 0.717) is 11.5 Å². The molecule has 0 spiro atoms. The lowest BCUT2D eigenvalue weighted by Crippen LogP contribution is -2.23. The summed E-state index contributed by atoms with van der Waals surface area (Å²) in [6, 6.07) is 0. The molecule has 0 saturated heterocycles. The highest BCUT2D eigenvalue weighted by Crippen LogP contribution is 1.98. The van der Waals surface area contributed by atoms with Gasteiger partial charge < -0.3 is 4.90 Å². The molecule has 0 aliphatic heterocycles. The first kappa shape index (κ1) is 10.3. The summed E-state index contributed by atoms with van der Waals surface area (Å²) in [5.41, 5.74) is 0.304. The van der Waals surface area contributed by atoms with Crippen LogP contribution in [0.4, 0.5) is 0 Å². The van der Waals surface area contributed by atoms with E-state index in [2.05, 4.69) is 15.2 Å². The van der Waals surface area contributed by atoms with E-state index in [9.17, 15) is 4.79 Å². The van der Waals surface area contributed by atoms with Crippen LogP contribution in [0.15, 0.2) is 12.3 Å². The summed E-state index contributed by atoms with van der Waals surface area (Å²) in [6.45, 7) is 1.85. The van der Waals surface area contributed by atoms with Crippen molar-refractivity contribution < 1.29 is 4.79 Å². The summed E-state index contributed by atoms with van der Waals surface area (Å²) in [5.74, 6) is 0.269. The van der Waals surface area contributed by atoms with Crippen LogP contribution in [0.25, 0.3) is 6.08 Å². The summed E-state index contributed by atoms with van der Waals surface area (Å²) in [6.07, 6.45) is 4.84. The molecule has 0 saturated carbocycles. The van der Waals surface area contributed by atoms with Gasteiger partial charge in [-0.15, -0.1) is 5.10 Å². The number of nitrogens with zero attached hydrogens (tertiary/aromatic N) is 4. The van der Waals surface area contributed by atoms with Gasteiger partial charge in [0.2, 0.25) is 0 Å². The van der Waals surface area contributed by atoms with Gasteiger partial charge in [-0.05, 0) is 13.0 Å². The average molecular weight is 192 g/mol. The van der Waals surface area contributed by atoms with Crippen LogP contribution in [-0.2, 0) is 0 Å². The van der Waals surface area contributed by atoms with E-state index in [1.54, 1.807) is 26.2 Å². The van der Waals surface area contributed by atoms with Crippen LogP contribution in [0.1, 0.15) is 23.2 Å². The molecule has 74 valence electrons. The van der Waals surface area contributed by atoms with Crippen LogP contribution in [0.3, 0.4) is 0 Å². The van der Waals surface area contributed by atoms with Crippen molar-refractivity contribution in [2.24, 2.45) is 0 Å². The standard InChI is InChI=1S/C9H12N4O/c1-4-5-8-11-7(6-10-12-8)9(14)13(2)3/h4-6H,1-3H3/b5-4+. The van der Waals surface area contributed by atoms with Crippen molar-refractivity contribution in [3.05, 3.63) is 23.8 Å². The highest BCUT2D eigenvalue weighted by molar-refractivity contribution is 5.91. The maximum atomic E-state index is 11.5. The van der Waals surface area contributed by atoms with Gasteiger partial charge in [-0.3, -0.25) is 4.79 Å². The van der Waals surface area contributed by atoms with E-state index in [-0.39, 0.29) is 5.91 Å². The fourth-order valence-electron chi connectivity index (χ4n) is 0.869. The van der Waals surface area contributed by atoms with E-state index >= 15 is 0 Å². The van der Waals surface area contributed by atoms with Gasteiger partial charge >= 0.3 is 0 Å². The number of amides is 1. The fraction of sp³-hybridized carbons (Fsp3) is 0.333. The molecular formula is C9H12N4O. The molecular weight excluding hydrogens is 180 g/mol. The molecule has 0 bridgehead atoms. The number of rotatable bonds is 2. The molecule has 0 aromatic carbocycles. The minimum Gasteiger partial charge on any atom is -0.343 e. The lowest BCUT2D eigenvalue weighted by atomic mass is 10.4. The SMILES string of the molecule is C/C=C/c1nncc(C(=O)N(C)C)n1. The van der Waals surface area contributed by atoms with Gasteiger partial charge in [-0.25, -0.2) is 4.98 Å². The van der Waals surface area contributed by atoms with Gasteiger partial charge in [0.1, 0.15) is 0 Å². The molecule has 0 unspecified atom stereocenters. The van der Waals surface area contributed by atoms with Crippen molar-refractivity contribution >= 4 is 12.0 Å². The summed E-state index contributed by atoms with van der Waals surface area (Å²) in [7, 11) is 3.33. The lowest BCUT2D eigenvalue weighted by Gasteiger charge is -2.08. The Kier molecular flexibility index (Phi) is 3.28. The molecule has 0 radical (unpaired) electrons. The minimum absolute atomic E-state index is 0.175. The third-order valence-corrected chi connectivity index (χ3v) is 1.52. The Hall–Kier alpha value is -1.78. The minimum atomic E-state index is -0.175. The van der Waals surface area contributed by atoms with Gasteiger partial charge in [0.05, 0.1) is 6.20 Å². The Morgan fingerprint density at radius 1 is 1.50 bits per heavy atom. The Morgan fingerprint density at radius 3 is 2.79 bits per heavy atom. The van der Waals surface area contributed by atoms with Crippen molar-refractivity contribution in [2.45, 2.75) is 6.92 Å². The van der Waals surface area contributed by atoms with Crippen LogP contribution < -0.4 is 0 Å². The fourth-order valence-corrected chi connectivity index (χ4v) is 0.869. The molecule has 1 heterocycles. The largest absolute Gasteiger partial charge is 0.343 e. The number of carbonyl (C=O) groups is 1. The molecule has 1 amide bonds. The Morgan fingerprint density at radius 2 is 2.21 bits per heavy atom. The normalized spacial score (nSPS) is 10.5. The molecule has 14 heavy (non-hydrogen) atoms. The molecule has 1 aromatic heterocycles. The van der Waals surface area contributed by atoms with Gasteiger partial charge in [-0.2, -0.15) is 5.10 Å². The van der Waals surface area contributed by atoms with E-state index in [1.807, 2.05) is 6.92 Å². The summed E-state index contributed by atoms with van der Waals surface area (Å²) < 4.78 is 0. The summed E-state index contributed by atoms with van der Waals surface area (Å²) >= 11 is 0. The third kappa shape index (κ3) is 2.35. The predicted molar refractivity (Wildman–Crippen MR) is 52.6 cm³/mol. The Bertz CT molecular complexity index is 360. The van der Waals surface area contributed by atoms with Crippen molar-refractivity contribution in [3.63, 3.8) is 0 Å². The monoisotopic (exact) mass is 192 g/mol. The molecule has 0 aliphatic rings. The zero-order chi connectivity index (χ0) is 10.6. The molecule has 0 aliphatic carbocycles. The second-order valence-electron chi connectivity index (χ2n) is 2.90. The number of carbonyl (C=O) groups excluding carboxylic acids is 1. The Labute approximate surface area is 82.5 Å². The van der Waals surface area contributed by atoms with E-state index in [0.717, 1.165) is 0 Å². The summed E-state index contributed by atoms with van der Waals surface area (Å²) in [5, 5.41) is 7.45. The first-order valence-corrected chi connectivity index (χ1v) is 4.19. The predicted octanol–water partition coefficient (Wildman–Crippen LogP) is 0.607. The smallest absolute Gasteiger partial charge is 0.273 e. The second kappa shape index (κ2) is 4.45. The highest BCUT2D eigenvalue weighted by atomic mass is 16.2. The topological polar surface area (TPSA) is 59.0 Å². The number of aromatic nitrogens is 3. The van der Waals surface area contributed by atoms with Crippen LogP contribution >= 0.6 is 0 Å². The number of allylic oxidation sites excluding steroid dienone is 1. The molecule has 5 heteroatoms. The first-order valence-electron chi connectivity index (χ1n) is 4.19. The number of hydrogen-bond donors (Lipinski definition) is 0. The van der Waals surface area contributed by atoms with Crippen LogP contribution in [-0.4, -0.2) is 40.1 Å². The second-order valence-corrected chi connectivity index (χ2v) is 2.90. The molecule has 1 aromatic rings. The Balaban J connectivity index is 2.99. The van der Waals surface area contributed by atoms with E-state index in [1.165, 1.54) is 11.1 Å². The molecule has 0 N–H and O–H groups in total. The lowest BCUT2D eigenvalue weighted by molar-refractivity contribution is 0.0821. The van der Waals surface area contributed by atoms with E-state index in [4.69, 9.17) is 0 Å². The van der Waals surface area contributed by atoms with Crippen LogP contribution in [0, 0.1) is 0 Å². The highest BCUT2D eigenvalue weighted by Gasteiger charge is 2.10. The third-order valence-electron chi connectivity index (χ3n) is 1.52. The van der Waals surface area contributed by atoms with Crippen LogP contribution in [0.5, 0.6) is 0 Å². The summed E-state index contributed by atoms with van der Waals surface area (Å²) in [4.78, 5) is 17.0. The van der Waals surface area contributed by atoms with Gasteiger partial charge in [0.15, 0.2) is 11.5 Å². The molecule has 0 atom stereocenters. The van der Waals surface area contributed by atoms with Crippen molar-refractivity contribution in [3.8, 4) is 0 Å². The molecule has 5 nitrogen and oxygen atoms in total. The van der Waals surface area contributed by atoms with E-state index < -0.39 is 0 Å². The van der Waals surface area contributed by atoms with Gasteiger partial charge in [0, 0.05) is 14.1 Å². The van der Waals surface area contributed by atoms with Gasteiger partial charge in [-0.1, -0.05) is 6.08 Å².